The van der Waals surface area contributed by atoms with Crippen LogP contribution >= 0.6 is 0 Å². The van der Waals surface area contributed by atoms with Gasteiger partial charge in [0.15, 0.2) is 0 Å². The normalized spacial score (nSPS) is 15.9. The van der Waals surface area contributed by atoms with E-state index in [0.29, 0.717) is 11.4 Å². The van der Waals surface area contributed by atoms with Crippen LogP contribution in [0.5, 0.6) is 5.75 Å². The number of nitrogens with zero attached hydrogens (tertiary/aromatic N) is 5. The van der Waals surface area contributed by atoms with E-state index in [2.05, 4.69) is 20.7 Å². The molecule has 0 spiro atoms. The van der Waals surface area contributed by atoms with E-state index in [1.54, 1.807) is 31.3 Å². The van der Waals surface area contributed by atoms with Gasteiger partial charge in [-0.1, -0.05) is 12.1 Å². The average molecular weight is 414 g/mol. The minimum Gasteiger partial charge on any atom is -0.489 e. The molecule has 4 rings (SSSR count). The van der Waals surface area contributed by atoms with Crippen LogP contribution in [0.25, 0.3) is 0 Å². The molecule has 1 atom stereocenters. The molecule has 0 aliphatic carbocycles. The van der Waals surface area contributed by atoms with Crippen molar-refractivity contribution < 1.29 is 23.1 Å². The number of nitrogens with one attached hydrogen (secondary N) is 1. The van der Waals surface area contributed by atoms with Crippen molar-refractivity contribution >= 4 is 17.5 Å². The molecule has 1 aliphatic rings. The van der Waals surface area contributed by atoms with Crippen molar-refractivity contribution in [2.24, 2.45) is 0 Å². The van der Waals surface area contributed by atoms with Gasteiger partial charge in [-0.25, -0.2) is 8.78 Å². The maximum atomic E-state index is 13.8. The molecule has 1 N–H and O–H groups in total. The summed E-state index contributed by atoms with van der Waals surface area (Å²) in [4.78, 5) is 27.5. The van der Waals surface area contributed by atoms with Gasteiger partial charge in [-0.15, -0.1) is 10.2 Å². The van der Waals surface area contributed by atoms with Crippen molar-refractivity contribution in [3.05, 3.63) is 65.5 Å². The fourth-order valence-electron chi connectivity index (χ4n) is 3.00. The zero-order chi connectivity index (χ0) is 21.3. The molecule has 0 bridgehead atoms. The van der Waals surface area contributed by atoms with Gasteiger partial charge in [0.1, 0.15) is 30.0 Å². The fraction of sp³-hybridized carbons (Fsp3) is 0.211. The minimum atomic E-state index is -0.970. The molecule has 1 aromatic heterocycles. The van der Waals surface area contributed by atoms with E-state index in [0.717, 1.165) is 23.0 Å². The smallest absolute Gasteiger partial charge is 0.293 e. The highest BCUT2D eigenvalue weighted by Crippen LogP contribution is 2.29. The van der Waals surface area contributed by atoms with Crippen LogP contribution in [0.2, 0.25) is 0 Å². The molecule has 2 heterocycles. The topological polar surface area (TPSA) is 102 Å². The Hall–Kier alpha value is -3.89. The number of ether oxygens (including phenoxy) is 1. The van der Waals surface area contributed by atoms with Crippen molar-refractivity contribution in [3.8, 4) is 5.75 Å². The number of hydrogen-bond donors (Lipinski definition) is 1. The number of likely N-dealkylation sites (N-methyl/N-ethyl adjacent to an activating group) is 1. The molecule has 3 aromatic rings. The first-order valence-electron chi connectivity index (χ1n) is 8.94. The number of para-hydroxylation sites is 2. The number of hydrogen-bond acceptors (Lipinski definition) is 6. The van der Waals surface area contributed by atoms with Crippen LogP contribution in [0, 0.1) is 11.6 Å². The maximum Gasteiger partial charge on any atom is 0.293 e. The first-order chi connectivity index (χ1) is 14.4. The summed E-state index contributed by atoms with van der Waals surface area (Å²) in [7, 11) is 1.58. The molecule has 0 saturated heterocycles. The van der Waals surface area contributed by atoms with Gasteiger partial charge in [-0.3, -0.25) is 9.59 Å². The van der Waals surface area contributed by atoms with Crippen LogP contribution in [0.1, 0.15) is 16.2 Å². The molecule has 0 radical (unpaired) electrons. The Morgan fingerprint density at radius 1 is 1.27 bits per heavy atom. The Kier molecular flexibility index (Phi) is 5.09. The predicted molar refractivity (Wildman–Crippen MR) is 99.9 cm³/mol. The highest BCUT2D eigenvalue weighted by atomic mass is 19.1. The lowest BCUT2D eigenvalue weighted by molar-refractivity contribution is -0.120. The van der Waals surface area contributed by atoms with E-state index >= 15 is 0 Å². The van der Waals surface area contributed by atoms with Crippen LogP contribution in [-0.2, 0) is 11.3 Å². The molecule has 1 aliphatic heterocycles. The molecule has 154 valence electrons. The molecular weight excluding hydrogens is 398 g/mol. The van der Waals surface area contributed by atoms with Gasteiger partial charge in [0.2, 0.25) is 0 Å². The Morgan fingerprint density at radius 3 is 2.90 bits per heavy atom. The number of carbonyl (C=O) groups excluding carboxylic acids is 2. The monoisotopic (exact) mass is 414 g/mol. The molecule has 2 amide bonds. The first-order valence-corrected chi connectivity index (χ1v) is 8.94. The molecule has 11 heteroatoms. The minimum absolute atomic E-state index is 0.00564. The number of anilines is 1. The third kappa shape index (κ3) is 3.81. The Labute approximate surface area is 169 Å². The van der Waals surface area contributed by atoms with Crippen molar-refractivity contribution in [2.75, 3.05) is 18.6 Å². The highest BCUT2D eigenvalue weighted by Gasteiger charge is 2.31. The molecular formula is C19H16F2N6O3. The number of fused-ring (bicyclic) bond motifs is 1. The van der Waals surface area contributed by atoms with Crippen LogP contribution < -0.4 is 15.0 Å². The maximum absolute atomic E-state index is 13.8. The molecule has 30 heavy (non-hydrogen) atoms. The van der Waals surface area contributed by atoms with Gasteiger partial charge in [-0.05, 0) is 35.5 Å². The van der Waals surface area contributed by atoms with E-state index in [1.165, 1.54) is 4.90 Å². The summed E-state index contributed by atoms with van der Waals surface area (Å²) < 4.78 is 32.7. The summed E-state index contributed by atoms with van der Waals surface area (Å²) in [5.74, 6) is -2.16. The zero-order valence-corrected chi connectivity index (χ0v) is 15.7. The number of aromatic nitrogens is 4. The largest absolute Gasteiger partial charge is 0.489 e. The summed E-state index contributed by atoms with van der Waals surface area (Å²) in [5, 5.41) is 13.7. The molecule has 0 saturated carbocycles. The summed E-state index contributed by atoms with van der Waals surface area (Å²) in [6.07, 6.45) is 0. The fourth-order valence-corrected chi connectivity index (χ4v) is 3.00. The Bertz CT molecular complexity index is 1120. The van der Waals surface area contributed by atoms with E-state index in [1.807, 2.05) is 0 Å². The van der Waals surface area contributed by atoms with Crippen molar-refractivity contribution in [1.29, 1.82) is 0 Å². The van der Waals surface area contributed by atoms with Crippen LogP contribution in [0.3, 0.4) is 0 Å². The third-order valence-electron chi connectivity index (χ3n) is 4.54. The Balaban J connectivity index is 1.46. The summed E-state index contributed by atoms with van der Waals surface area (Å²) in [6.45, 7) is -0.290. The summed E-state index contributed by atoms with van der Waals surface area (Å²) in [6, 6.07) is 9.03. The van der Waals surface area contributed by atoms with Gasteiger partial charge in [0, 0.05) is 12.6 Å². The number of benzene rings is 2. The van der Waals surface area contributed by atoms with Crippen molar-refractivity contribution in [1.82, 2.24) is 25.5 Å². The van der Waals surface area contributed by atoms with Crippen molar-refractivity contribution in [3.63, 3.8) is 0 Å². The lowest BCUT2D eigenvalue weighted by atomic mass is 10.2. The number of amides is 2. The second-order valence-electron chi connectivity index (χ2n) is 6.58. The van der Waals surface area contributed by atoms with Crippen molar-refractivity contribution in [2.45, 2.75) is 12.6 Å². The van der Waals surface area contributed by atoms with Crippen LogP contribution in [0.4, 0.5) is 14.5 Å². The standard InChI is InChI=1S/C19H16F2N6O3/c1-26-15-4-2-3-5-16(15)30-10-14(19(26)29)22-18(28)17-23-25-27(24-17)9-11-8-12(20)6-7-13(11)21/h2-8,14H,9-10H2,1H3,(H,22,28)/t14-/m0/s1. The van der Waals surface area contributed by atoms with Gasteiger partial charge in [0.25, 0.3) is 17.6 Å². The molecule has 0 fully saturated rings. The number of tetrazole rings is 1. The predicted octanol–water partition coefficient (Wildman–Crippen LogP) is 1.15. The first kappa shape index (κ1) is 19.4. The lowest BCUT2D eigenvalue weighted by Gasteiger charge is -2.19. The lowest BCUT2D eigenvalue weighted by Crippen LogP contribution is -2.49. The second-order valence-corrected chi connectivity index (χ2v) is 6.58. The average Bonchev–Trinajstić information content (AvgIpc) is 3.17. The van der Waals surface area contributed by atoms with E-state index in [4.69, 9.17) is 4.74 Å². The van der Waals surface area contributed by atoms with Gasteiger partial charge in [0.05, 0.1) is 12.2 Å². The van der Waals surface area contributed by atoms with Crippen LogP contribution in [-0.4, -0.2) is 51.7 Å². The number of halogens is 2. The van der Waals surface area contributed by atoms with E-state index in [-0.39, 0.29) is 30.4 Å². The summed E-state index contributed by atoms with van der Waals surface area (Å²) in [5.41, 5.74) is 0.589. The molecule has 0 unspecified atom stereocenters. The quantitative estimate of drug-likeness (QED) is 0.687. The van der Waals surface area contributed by atoms with Crippen LogP contribution in [0.15, 0.2) is 42.5 Å². The third-order valence-corrected chi connectivity index (χ3v) is 4.54. The van der Waals surface area contributed by atoms with Gasteiger partial charge < -0.3 is 15.0 Å². The van der Waals surface area contributed by atoms with Gasteiger partial charge >= 0.3 is 0 Å². The van der Waals surface area contributed by atoms with E-state index < -0.39 is 23.6 Å². The SMILES string of the molecule is CN1C(=O)[C@@H](NC(=O)c2nnn(Cc3cc(F)ccc3F)n2)COc2ccccc21. The number of carbonyl (C=O) groups is 2. The second kappa shape index (κ2) is 7.85. The zero-order valence-electron chi connectivity index (χ0n) is 15.7. The number of rotatable bonds is 4. The van der Waals surface area contributed by atoms with Gasteiger partial charge in [-0.2, -0.15) is 4.80 Å². The van der Waals surface area contributed by atoms with E-state index in [9.17, 15) is 18.4 Å². The molecule has 9 nitrogen and oxygen atoms in total. The molecule has 2 aromatic carbocycles. The summed E-state index contributed by atoms with van der Waals surface area (Å²) >= 11 is 0. The Morgan fingerprint density at radius 2 is 2.07 bits per heavy atom. The highest BCUT2D eigenvalue weighted by molar-refractivity contribution is 6.02.